The van der Waals surface area contributed by atoms with Gasteiger partial charge in [-0.3, -0.25) is 24.1 Å². The number of allylic oxidation sites excluding steroid dienone is 2. The Morgan fingerprint density at radius 1 is 0.947 bits per heavy atom. The molecule has 3 aliphatic rings. The van der Waals surface area contributed by atoms with E-state index in [1.807, 2.05) is 12.2 Å². The van der Waals surface area contributed by atoms with Crippen LogP contribution in [0.1, 0.15) is 84.0 Å². The minimum atomic E-state index is -0.621. The third kappa shape index (κ3) is 8.36. The first-order valence-electron chi connectivity index (χ1n) is 14.4. The molecule has 1 saturated heterocycles. The first-order valence-corrected chi connectivity index (χ1v) is 15.4. The standard InChI is InChI=1S/C30H43NO6S/c1-3-5-6-7-8-9-10-11-12-13-19-38-24-21-25(32)31(28(24)33)16-18-37-30(35)27-23-15-14-22(20-23)26(27)29(34)36-17-4-2/h2,14-15,22-24,26-27H,3,5-13,16-21H2,1H3/t22-,23+,24?,26-,27+/m1/s1. The molecule has 2 amide bonds. The topological polar surface area (TPSA) is 90.0 Å². The molecular weight excluding hydrogens is 502 g/mol. The summed E-state index contributed by atoms with van der Waals surface area (Å²) in [6.07, 6.45) is 22.7. The Kier molecular flexibility index (Phi) is 12.7. The monoisotopic (exact) mass is 545 g/mol. The smallest absolute Gasteiger partial charge is 0.311 e. The van der Waals surface area contributed by atoms with Gasteiger partial charge in [0.05, 0.1) is 23.6 Å². The summed E-state index contributed by atoms with van der Waals surface area (Å²) in [5.41, 5.74) is 0. The summed E-state index contributed by atoms with van der Waals surface area (Å²) in [5, 5.41) is -0.345. The second-order valence-electron chi connectivity index (χ2n) is 10.6. The second-order valence-corrected chi connectivity index (χ2v) is 11.9. The maximum absolute atomic E-state index is 12.9. The molecule has 2 bridgehead atoms. The van der Waals surface area contributed by atoms with Crippen molar-refractivity contribution in [2.75, 3.05) is 25.5 Å². The summed E-state index contributed by atoms with van der Waals surface area (Å²) in [6, 6.07) is 0. The molecule has 0 spiro atoms. The number of carbonyl (C=O) groups excluding carboxylic acids is 4. The number of carbonyl (C=O) groups is 4. The quantitative estimate of drug-likeness (QED) is 0.0793. The third-order valence-electron chi connectivity index (χ3n) is 7.88. The molecule has 0 aromatic rings. The van der Waals surface area contributed by atoms with Gasteiger partial charge in [0.15, 0.2) is 6.61 Å². The van der Waals surface area contributed by atoms with Gasteiger partial charge in [-0.15, -0.1) is 18.2 Å². The summed E-state index contributed by atoms with van der Waals surface area (Å²) in [5.74, 6) is 0.413. The zero-order valence-corrected chi connectivity index (χ0v) is 23.6. The fourth-order valence-corrected chi connectivity index (χ4v) is 7.03. The SMILES string of the molecule is C#CCOC(=O)[C@H]1[C@@H](C(=O)OCCN2C(=O)CC(SCCCCCCCCCCCC)C2=O)[C@H]2C=C[C@@H]1C2. The average Bonchev–Trinajstić information content (AvgIpc) is 3.60. The van der Waals surface area contributed by atoms with Crippen LogP contribution in [0.4, 0.5) is 0 Å². The largest absolute Gasteiger partial charge is 0.464 e. The zero-order valence-electron chi connectivity index (χ0n) is 22.7. The van der Waals surface area contributed by atoms with Gasteiger partial charge in [-0.2, -0.15) is 0 Å². The summed E-state index contributed by atoms with van der Waals surface area (Å²) in [7, 11) is 0. The number of amides is 2. The van der Waals surface area contributed by atoms with Crippen LogP contribution in [0.25, 0.3) is 0 Å². The Balaban J connectivity index is 1.31. The molecule has 2 aliphatic carbocycles. The molecule has 0 N–H and O–H groups in total. The highest BCUT2D eigenvalue weighted by atomic mass is 32.2. The van der Waals surface area contributed by atoms with Crippen molar-refractivity contribution in [1.29, 1.82) is 0 Å². The number of nitrogens with zero attached hydrogens (tertiary/aromatic N) is 1. The van der Waals surface area contributed by atoms with Crippen LogP contribution >= 0.6 is 11.8 Å². The first-order chi connectivity index (χ1) is 18.5. The van der Waals surface area contributed by atoms with Crippen LogP contribution in [0.2, 0.25) is 0 Å². The van der Waals surface area contributed by atoms with Crippen molar-refractivity contribution in [2.24, 2.45) is 23.7 Å². The third-order valence-corrected chi connectivity index (χ3v) is 9.18. The van der Waals surface area contributed by atoms with Crippen molar-refractivity contribution < 1.29 is 28.7 Å². The second kappa shape index (κ2) is 16.0. The van der Waals surface area contributed by atoms with Crippen LogP contribution in [-0.4, -0.2) is 59.4 Å². The average molecular weight is 546 g/mol. The van der Waals surface area contributed by atoms with Gasteiger partial charge in [0.1, 0.15) is 6.61 Å². The molecule has 0 aromatic heterocycles. The Morgan fingerprint density at radius 2 is 1.53 bits per heavy atom. The van der Waals surface area contributed by atoms with Gasteiger partial charge in [-0.1, -0.05) is 82.8 Å². The predicted octanol–water partition coefficient (Wildman–Crippen LogP) is 4.93. The van der Waals surface area contributed by atoms with E-state index in [2.05, 4.69) is 12.8 Å². The minimum Gasteiger partial charge on any atom is -0.464 e. The highest BCUT2D eigenvalue weighted by Gasteiger charge is 2.53. The van der Waals surface area contributed by atoms with E-state index in [0.717, 1.165) is 18.6 Å². The van der Waals surface area contributed by atoms with E-state index in [1.165, 1.54) is 56.3 Å². The van der Waals surface area contributed by atoms with Crippen molar-refractivity contribution in [3.05, 3.63) is 12.2 Å². The van der Waals surface area contributed by atoms with E-state index in [9.17, 15) is 19.2 Å². The van der Waals surface area contributed by atoms with Crippen molar-refractivity contribution in [2.45, 2.75) is 89.2 Å². The van der Waals surface area contributed by atoms with Crippen LogP contribution in [0.15, 0.2) is 12.2 Å². The van der Waals surface area contributed by atoms with E-state index in [1.54, 1.807) is 11.8 Å². The first kappa shape index (κ1) is 30.3. The van der Waals surface area contributed by atoms with E-state index in [-0.39, 0.29) is 55.1 Å². The lowest BCUT2D eigenvalue weighted by Gasteiger charge is -2.25. The molecule has 210 valence electrons. The van der Waals surface area contributed by atoms with Crippen LogP contribution in [-0.2, 0) is 28.7 Å². The van der Waals surface area contributed by atoms with Crippen molar-refractivity contribution in [3.8, 4) is 12.3 Å². The van der Waals surface area contributed by atoms with Crippen LogP contribution in [0, 0.1) is 36.0 Å². The molecule has 5 atom stereocenters. The van der Waals surface area contributed by atoms with Gasteiger partial charge in [-0.25, -0.2) is 0 Å². The fourth-order valence-electron chi connectivity index (χ4n) is 5.84. The molecule has 7 nitrogen and oxygen atoms in total. The Morgan fingerprint density at radius 3 is 2.13 bits per heavy atom. The van der Waals surface area contributed by atoms with Gasteiger partial charge >= 0.3 is 11.9 Å². The van der Waals surface area contributed by atoms with Crippen LogP contribution < -0.4 is 0 Å². The molecule has 0 radical (unpaired) electrons. The number of ether oxygens (including phenoxy) is 2. The van der Waals surface area contributed by atoms with E-state index in [0.29, 0.717) is 6.42 Å². The number of thioether (sulfide) groups is 1. The minimum absolute atomic E-state index is 0.0432. The van der Waals surface area contributed by atoms with Crippen molar-refractivity contribution >= 4 is 35.5 Å². The predicted molar refractivity (Wildman–Crippen MR) is 148 cm³/mol. The van der Waals surface area contributed by atoms with Crippen LogP contribution in [0.5, 0.6) is 0 Å². The molecule has 1 saturated carbocycles. The van der Waals surface area contributed by atoms with Crippen molar-refractivity contribution in [3.63, 3.8) is 0 Å². The van der Waals surface area contributed by atoms with Crippen molar-refractivity contribution in [1.82, 2.24) is 4.90 Å². The lowest BCUT2D eigenvalue weighted by Crippen LogP contribution is -2.38. The number of fused-ring (bicyclic) bond motifs is 2. The van der Waals surface area contributed by atoms with E-state index >= 15 is 0 Å². The molecular formula is C30H43NO6S. The molecule has 1 unspecified atom stereocenters. The molecule has 0 aromatic carbocycles. The Hall–Kier alpha value is -2.27. The maximum atomic E-state index is 12.9. The Labute approximate surface area is 231 Å². The summed E-state index contributed by atoms with van der Waals surface area (Å²) >= 11 is 1.56. The van der Waals surface area contributed by atoms with E-state index in [4.69, 9.17) is 15.9 Å². The molecule has 1 aliphatic heterocycles. The van der Waals surface area contributed by atoms with Crippen LogP contribution in [0.3, 0.4) is 0 Å². The zero-order chi connectivity index (χ0) is 27.3. The number of rotatable bonds is 18. The summed E-state index contributed by atoms with van der Waals surface area (Å²) < 4.78 is 10.6. The summed E-state index contributed by atoms with van der Waals surface area (Å²) in [4.78, 5) is 51.7. The highest BCUT2D eigenvalue weighted by Crippen LogP contribution is 2.49. The number of hydrogen-bond acceptors (Lipinski definition) is 7. The maximum Gasteiger partial charge on any atom is 0.311 e. The van der Waals surface area contributed by atoms with Gasteiger partial charge in [0.25, 0.3) is 0 Å². The van der Waals surface area contributed by atoms with Gasteiger partial charge in [0.2, 0.25) is 11.8 Å². The summed E-state index contributed by atoms with van der Waals surface area (Å²) in [6.45, 7) is 2.08. The molecule has 1 heterocycles. The number of esters is 2. The lowest BCUT2D eigenvalue weighted by molar-refractivity contribution is -0.161. The molecule has 8 heteroatoms. The van der Waals surface area contributed by atoms with Gasteiger partial charge in [-0.05, 0) is 30.4 Å². The number of likely N-dealkylation sites (tertiary alicyclic amines) is 1. The molecule has 2 fully saturated rings. The lowest BCUT2D eigenvalue weighted by atomic mass is 9.83. The number of imide groups is 1. The number of hydrogen-bond donors (Lipinski definition) is 0. The van der Waals surface area contributed by atoms with E-state index < -0.39 is 23.8 Å². The van der Waals surface area contributed by atoms with Gasteiger partial charge < -0.3 is 9.47 Å². The highest BCUT2D eigenvalue weighted by molar-refractivity contribution is 8.00. The fraction of sp³-hybridized carbons (Fsp3) is 0.733. The normalized spacial score (nSPS) is 25.7. The molecule has 38 heavy (non-hydrogen) atoms. The van der Waals surface area contributed by atoms with Gasteiger partial charge in [0, 0.05) is 6.42 Å². The Bertz CT molecular complexity index is 896. The number of terminal acetylenes is 1. The molecule has 3 rings (SSSR count). The number of unbranched alkanes of at least 4 members (excludes halogenated alkanes) is 9.